The van der Waals surface area contributed by atoms with Crippen molar-refractivity contribution in [1.82, 2.24) is 0 Å². The highest BCUT2D eigenvalue weighted by Gasteiger charge is 2.19. The summed E-state index contributed by atoms with van der Waals surface area (Å²) < 4.78 is 16.3. The fraction of sp³-hybridized carbons (Fsp3) is 0.884. The van der Waals surface area contributed by atoms with Gasteiger partial charge in [-0.2, -0.15) is 0 Å². The van der Waals surface area contributed by atoms with E-state index in [1.165, 1.54) is 135 Å². The predicted octanol–water partition coefficient (Wildman–Crippen LogP) is 13.1. The first-order valence-electron chi connectivity index (χ1n) is 21.2. The number of hydrogen-bond acceptors (Lipinski definition) is 6. The van der Waals surface area contributed by atoms with Gasteiger partial charge in [0.15, 0.2) is 6.10 Å². The normalized spacial score (nSPS) is 12.0. The van der Waals surface area contributed by atoms with E-state index in [4.69, 9.17) is 14.2 Å². The molecule has 6 nitrogen and oxygen atoms in total. The molecule has 0 heterocycles. The molecule has 0 saturated carbocycles. The standard InChI is InChI=1S/C43H80O6/c1-4-7-9-11-13-15-17-19-21-23-25-27-29-31-33-36-42(45)48-39-40(38-47-41(44)35-6-3)49-43(46)37-34-32-30-28-26-24-22-20-18-16-14-12-10-8-5-2/h19,21,40H,4-18,20,22-39H2,1-3H3/b21-19-/t40-/m0/s1. The Morgan fingerprint density at radius 1 is 0.388 bits per heavy atom. The van der Waals surface area contributed by atoms with Gasteiger partial charge in [0.2, 0.25) is 0 Å². The van der Waals surface area contributed by atoms with Crippen molar-refractivity contribution in [2.24, 2.45) is 0 Å². The Kier molecular flexibility index (Phi) is 37.5. The van der Waals surface area contributed by atoms with Crippen LogP contribution in [0.3, 0.4) is 0 Å². The van der Waals surface area contributed by atoms with Gasteiger partial charge in [0, 0.05) is 19.3 Å². The minimum Gasteiger partial charge on any atom is -0.462 e. The molecule has 49 heavy (non-hydrogen) atoms. The second kappa shape index (κ2) is 38.9. The van der Waals surface area contributed by atoms with Crippen LogP contribution in [-0.2, 0) is 28.6 Å². The lowest BCUT2D eigenvalue weighted by molar-refractivity contribution is -0.167. The van der Waals surface area contributed by atoms with Crippen molar-refractivity contribution in [3.05, 3.63) is 12.2 Å². The molecule has 0 aliphatic heterocycles. The Morgan fingerprint density at radius 2 is 0.714 bits per heavy atom. The third-order valence-electron chi connectivity index (χ3n) is 9.24. The zero-order valence-electron chi connectivity index (χ0n) is 32.7. The molecule has 0 aromatic carbocycles. The summed E-state index contributed by atoms with van der Waals surface area (Å²) in [6.45, 7) is 6.28. The van der Waals surface area contributed by atoms with Crippen molar-refractivity contribution in [1.29, 1.82) is 0 Å². The van der Waals surface area contributed by atoms with Crippen LogP contribution < -0.4 is 0 Å². The number of allylic oxidation sites excluding steroid dienone is 2. The highest BCUT2D eigenvalue weighted by atomic mass is 16.6. The summed E-state index contributed by atoms with van der Waals surface area (Å²) in [6.07, 6.45) is 40.4. The van der Waals surface area contributed by atoms with Gasteiger partial charge in [0.1, 0.15) is 13.2 Å². The number of esters is 3. The Labute approximate surface area is 303 Å². The van der Waals surface area contributed by atoms with Gasteiger partial charge >= 0.3 is 17.9 Å². The van der Waals surface area contributed by atoms with Crippen molar-refractivity contribution >= 4 is 17.9 Å². The maximum atomic E-state index is 12.5. The lowest BCUT2D eigenvalue weighted by atomic mass is 10.0. The van der Waals surface area contributed by atoms with Gasteiger partial charge in [-0.05, 0) is 44.9 Å². The van der Waals surface area contributed by atoms with Gasteiger partial charge in [-0.1, -0.05) is 174 Å². The van der Waals surface area contributed by atoms with Crippen molar-refractivity contribution in [3.63, 3.8) is 0 Å². The van der Waals surface area contributed by atoms with Gasteiger partial charge < -0.3 is 14.2 Å². The molecule has 0 saturated heterocycles. The zero-order valence-corrected chi connectivity index (χ0v) is 32.7. The van der Waals surface area contributed by atoms with Gasteiger partial charge in [-0.15, -0.1) is 0 Å². The van der Waals surface area contributed by atoms with Crippen LogP contribution in [0.2, 0.25) is 0 Å². The molecular formula is C43H80O6. The summed E-state index contributed by atoms with van der Waals surface area (Å²) in [5.41, 5.74) is 0. The molecule has 0 spiro atoms. The maximum absolute atomic E-state index is 12.5. The lowest BCUT2D eigenvalue weighted by Gasteiger charge is -2.18. The summed E-state index contributed by atoms with van der Waals surface area (Å²) in [5, 5.41) is 0. The molecule has 6 heteroatoms. The van der Waals surface area contributed by atoms with Crippen LogP contribution in [-0.4, -0.2) is 37.2 Å². The maximum Gasteiger partial charge on any atom is 0.306 e. The Hall–Kier alpha value is -1.85. The van der Waals surface area contributed by atoms with E-state index >= 15 is 0 Å². The molecule has 0 aliphatic rings. The van der Waals surface area contributed by atoms with Crippen LogP contribution in [0.1, 0.15) is 226 Å². The van der Waals surface area contributed by atoms with E-state index in [0.717, 1.165) is 44.9 Å². The fourth-order valence-corrected chi connectivity index (χ4v) is 6.06. The van der Waals surface area contributed by atoms with Crippen molar-refractivity contribution in [2.75, 3.05) is 13.2 Å². The number of carbonyl (C=O) groups is 3. The molecule has 0 aliphatic carbocycles. The van der Waals surface area contributed by atoms with Crippen LogP contribution in [0.4, 0.5) is 0 Å². The van der Waals surface area contributed by atoms with Crippen LogP contribution in [0.5, 0.6) is 0 Å². The first-order chi connectivity index (χ1) is 24.0. The van der Waals surface area contributed by atoms with Crippen molar-refractivity contribution in [3.8, 4) is 0 Å². The smallest absolute Gasteiger partial charge is 0.306 e. The molecule has 288 valence electrons. The quantitative estimate of drug-likeness (QED) is 0.0277. The van der Waals surface area contributed by atoms with E-state index in [1.807, 2.05) is 6.92 Å². The minimum absolute atomic E-state index is 0.0755. The number of rotatable bonds is 38. The summed E-state index contributed by atoms with van der Waals surface area (Å²) in [6, 6.07) is 0. The van der Waals surface area contributed by atoms with Crippen LogP contribution >= 0.6 is 0 Å². The SMILES string of the molecule is CCCCCCCC/C=C\CCCCCCCC(=O)OC[C@H](COC(=O)CCC)OC(=O)CCCCCCCCCCCCCCCCC. The predicted molar refractivity (Wildman–Crippen MR) is 206 cm³/mol. The van der Waals surface area contributed by atoms with E-state index in [1.54, 1.807) is 0 Å². The number of hydrogen-bond donors (Lipinski definition) is 0. The average molecular weight is 693 g/mol. The van der Waals surface area contributed by atoms with E-state index < -0.39 is 6.10 Å². The Bertz CT molecular complexity index is 763. The van der Waals surface area contributed by atoms with Crippen LogP contribution in [0.15, 0.2) is 12.2 Å². The average Bonchev–Trinajstić information content (AvgIpc) is 3.09. The van der Waals surface area contributed by atoms with Crippen molar-refractivity contribution < 1.29 is 28.6 Å². The largest absolute Gasteiger partial charge is 0.462 e. The summed E-state index contributed by atoms with van der Waals surface area (Å²) in [7, 11) is 0. The molecule has 0 radical (unpaired) electrons. The molecule has 0 fully saturated rings. The summed E-state index contributed by atoms with van der Waals surface area (Å²) >= 11 is 0. The van der Waals surface area contributed by atoms with E-state index in [9.17, 15) is 14.4 Å². The zero-order chi connectivity index (χ0) is 35.9. The summed E-state index contributed by atoms with van der Waals surface area (Å²) in [5.74, 6) is -0.939. The highest BCUT2D eigenvalue weighted by molar-refractivity contribution is 5.71. The van der Waals surface area contributed by atoms with Crippen LogP contribution in [0, 0.1) is 0 Å². The molecular weight excluding hydrogens is 612 g/mol. The lowest BCUT2D eigenvalue weighted by Crippen LogP contribution is -2.30. The molecule has 0 aromatic heterocycles. The molecule has 0 unspecified atom stereocenters. The minimum atomic E-state index is -0.761. The first kappa shape index (κ1) is 47.1. The number of carbonyl (C=O) groups excluding carboxylic acids is 3. The number of ether oxygens (including phenoxy) is 3. The van der Waals surface area contributed by atoms with Gasteiger partial charge in [-0.3, -0.25) is 14.4 Å². The van der Waals surface area contributed by atoms with Gasteiger partial charge in [0.25, 0.3) is 0 Å². The molecule has 0 N–H and O–H groups in total. The number of unbranched alkanes of at least 4 members (excludes halogenated alkanes) is 25. The second-order valence-electron chi connectivity index (χ2n) is 14.3. The molecule has 0 rings (SSSR count). The van der Waals surface area contributed by atoms with E-state index in [0.29, 0.717) is 25.7 Å². The molecule has 0 aromatic rings. The highest BCUT2D eigenvalue weighted by Crippen LogP contribution is 2.15. The van der Waals surface area contributed by atoms with Gasteiger partial charge in [0.05, 0.1) is 0 Å². The monoisotopic (exact) mass is 693 g/mol. The third-order valence-corrected chi connectivity index (χ3v) is 9.24. The van der Waals surface area contributed by atoms with E-state index in [2.05, 4.69) is 26.0 Å². The molecule has 0 bridgehead atoms. The Morgan fingerprint density at radius 3 is 1.10 bits per heavy atom. The van der Waals surface area contributed by atoms with Crippen molar-refractivity contribution in [2.45, 2.75) is 232 Å². The fourth-order valence-electron chi connectivity index (χ4n) is 6.06. The topological polar surface area (TPSA) is 78.9 Å². The summed E-state index contributed by atoms with van der Waals surface area (Å²) in [4.78, 5) is 36.8. The molecule has 1 atom stereocenters. The van der Waals surface area contributed by atoms with E-state index in [-0.39, 0.29) is 31.1 Å². The first-order valence-corrected chi connectivity index (χ1v) is 21.2. The van der Waals surface area contributed by atoms with Crippen LogP contribution in [0.25, 0.3) is 0 Å². The third kappa shape index (κ3) is 37.2. The van der Waals surface area contributed by atoms with Gasteiger partial charge in [-0.25, -0.2) is 0 Å². The Balaban J connectivity index is 3.98. The second-order valence-corrected chi connectivity index (χ2v) is 14.3. The molecule has 0 amide bonds.